The molecule has 0 saturated heterocycles. The number of nitrogens with one attached hydrogen (secondary N) is 1. The van der Waals surface area contributed by atoms with Crippen LogP contribution in [0.15, 0.2) is 11.6 Å². The third-order valence-electron chi connectivity index (χ3n) is 1.97. The van der Waals surface area contributed by atoms with Crippen molar-refractivity contribution in [2.24, 2.45) is 0 Å². The first-order chi connectivity index (χ1) is 7.11. The highest BCUT2D eigenvalue weighted by Gasteiger charge is 2.16. The van der Waals surface area contributed by atoms with Crippen molar-refractivity contribution < 1.29 is 9.53 Å². The number of thioether (sulfide) groups is 1. The van der Waals surface area contributed by atoms with Gasteiger partial charge in [0.05, 0.1) is 7.11 Å². The molecule has 0 unspecified atom stereocenters. The Morgan fingerprint density at radius 1 is 1.53 bits per heavy atom. The third kappa shape index (κ3) is 7.45. The van der Waals surface area contributed by atoms with E-state index in [-0.39, 0.29) is 12.0 Å². The molecule has 15 heavy (non-hydrogen) atoms. The molecule has 1 N–H and O–H groups in total. The number of hydrogen-bond acceptors (Lipinski definition) is 4. The second kappa shape index (κ2) is 8.80. The Labute approximate surface area is 96.6 Å². The Bertz CT molecular complexity index is 213. The molecule has 3 nitrogen and oxygen atoms in total. The van der Waals surface area contributed by atoms with Crippen LogP contribution in [0.1, 0.15) is 20.3 Å². The largest absolute Gasteiger partial charge is 0.468 e. The van der Waals surface area contributed by atoms with E-state index in [0.717, 1.165) is 18.7 Å². The summed E-state index contributed by atoms with van der Waals surface area (Å²) in [5.74, 6) is 0.785. The molecule has 0 heterocycles. The SMILES string of the molecule is COC(=O)[C@H](CCSC)NCC=C(C)C. The summed E-state index contributed by atoms with van der Waals surface area (Å²) >= 11 is 1.73. The van der Waals surface area contributed by atoms with Gasteiger partial charge in [-0.2, -0.15) is 11.8 Å². The molecule has 1 atom stereocenters. The van der Waals surface area contributed by atoms with Crippen molar-refractivity contribution in [1.29, 1.82) is 0 Å². The Morgan fingerprint density at radius 2 is 2.20 bits per heavy atom. The average Bonchev–Trinajstić information content (AvgIpc) is 2.21. The van der Waals surface area contributed by atoms with E-state index in [1.807, 2.05) is 20.1 Å². The van der Waals surface area contributed by atoms with Crippen molar-refractivity contribution in [1.82, 2.24) is 5.32 Å². The molecule has 88 valence electrons. The summed E-state index contributed by atoms with van der Waals surface area (Å²) in [5.41, 5.74) is 1.25. The van der Waals surface area contributed by atoms with E-state index in [1.165, 1.54) is 12.7 Å². The molecule has 0 spiro atoms. The summed E-state index contributed by atoms with van der Waals surface area (Å²) in [5, 5.41) is 3.17. The van der Waals surface area contributed by atoms with Crippen molar-refractivity contribution in [3.8, 4) is 0 Å². The number of carbonyl (C=O) groups is 1. The van der Waals surface area contributed by atoms with Gasteiger partial charge in [0, 0.05) is 6.54 Å². The van der Waals surface area contributed by atoms with Crippen LogP contribution in [-0.2, 0) is 9.53 Å². The maximum absolute atomic E-state index is 11.4. The van der Waals surface area contributed by atoms with E-state index < -0.39 is 0 Å². The zero-order valence-electron chi connectivity index (χ0n) is 10.0. The normalized spacial score (nSPS) is 12.0. The lowest BCUT2D eigenvalue weighted by Gasteiger charge is -2.14. The predicted molar refractivity (Wildman–Crippen MR) is 66.2 cm³/mol. The van der Waals surface area contributed by atoms with Gasteiger partial charge in [-0.25, -0.2) is 0 Å². The van der Waals surface area contributed by atoms with Crippen LogP contribution in [0, 0.1) is 0 Å². The fourth-order valence-electron chi connectivity index (χ4n) is 1.09. The van der Waals surface area contributed by atoms with E-state index >= 15 is 0 Å². The van der Waals surface area contributed by atoms with Crippen LogP contribution in [0.3, 0.4) is 0 Å². The van der Waals surface area contributed by atoms with Crippen LogP contribution in [0.4, 0.5) is 0 Å². The van der Waals surface area contributed by atoms with Crippen LogP contribution in [-0.4, -0.2) is 37.7 Å². The van der Waals surface area contributed by atoms with Gasteiger partial charge in [0.2, 0.25) is 0 Å². The number of carbonyl (C=O) groups excluding carboxylic acids is 1. The topological polar surface area (TPSA) is 38.3 Å². The number of rotatable bonds is 7. The molecule has 0 aromatic carbocycles. The summed E-state index contributed by atoms with van der Waals surface area (Å²) in [4.78, 5) is 11.4. The van der Waals surface area contributed by atoms with E-state index in [1.54, 1.807) is 11.8 Å². The molecule has 0 fully saturated rings. The molecule has 0 radical (unpaired) electrons. The van der Waals surface area contributed by atoms with Gasteiger partial charge < -0.3 is 10.1 Å². The molecular weight excluding hydrogens is 210 g/mol. The zero-order valence-corrected chi connectivity index (χ0v) is 10.8. The lowest BCUT2D eigenvalue weighted by Crippen LogP contribution is -2.38. The minimum Gasteiger partial charge on any atom is -0.468 e. The molecule has 0 aliphatic carbocycles. The smallest absolute Gasteiger partial charge is 0.322 e. The van der Waals surface area contributed by atoms with Gasteiger partial charge in [-0.05, 0) is 32.3 Å². The van der Waals surface area contributed by atoms with Gasteiger partial charge in [0.15, 0.2) is 0 Å². The van der Waals surface area contributed by atoms with E-state index in [4.69, 9.17) is 4.74 Å². The molecule has 0 saturated carbocycles. The van der Waals surface area contributed by atoms with Crippen LogP contribution in [0.25, 0.3) is 0 Å². The van der Waals surface area contributed by atoms with Crippen molar-refractivity contribution >= 4 is 17.7 Å². The molecule has 4 heteroatoms. The first-order valence-electron chi connectivity index (χ1n) is 5.05. The second-order valence-electron chi connectivity index (χ2n) is 3.55. The van der Waals surface area contributed by atoms with Gasteiger partial charge in [-0.1, -0.05) is 11.6 Å². The molecule has 0 bridgehead atoms. The van der Waals surface area contributed by atoms with Gasteiger partial charge in [-0.15, -0.1) is 0 Å². The second-order valence-corrected chi connectivity index (χ2v) is 4.53. The summed E-state index contributed by atoms with van der Waals surface area (Å²) < 4.78 is 4.74. The Hall–Kier alpha value is -0.480. The molecule has 0 amide bonds. The van der Waals surface area contributed by atoms with Crippen molar-refractivity contribution in [2.45, 2.75) is 26.3 Å². The number of ether oxygens (including phenoxy) is 1. The van der Waals surface area contributed by atoms with Gasteiger partial charge >= 0.3 is 5.97 Å². The lowest BCUT2D eigenvalue weighted by molar-refractivity contribution is -0.143. The average molecular weight is 231 g/mol. The summed E-state index contributed by atoms with van der Waals surface area (Å²) in [6.45, 7) is 4.80. The Kier molecular flexibility index (Phi) is 8.52. The van der Waals surface area contributed by atoms with Crippen LogP contribution in [0.2, 0.25) is 0 Å². The van der Waals surface area contributed by atoms with Gasteiger partial charge in [-0.3, -0.25) is 4.79 Å². The zero-order chi connectivity index (χ0) is 11.7. The minimum absolute atomic E-state index is 0.175. The van der Waals surface area contributed by atoms with Crippen LogP contribution in [0.5, 0.6) is 0 Å². The molecule has 0 rings (SSSR count). The predicted octanol–water partition coefficient (Wildman–Crippen LogP) is 1.84. The first kappa shape index (κ1) is 14.5. The fourth-order valence-corrected chi connectivity index (χ4v) is 1.56. The minimum atomic E-state index is -0.182. The molecule has 0 aliphatic rings. The maximum atomic E-state index is 11.4. The summed E-state index contributed by atoms with van der Waals surface area (Å²) in [6, 6.07) is -0.182. The third-order valence-corrected chi connectivity index (χ3v) is 2.61. The highest BCUT2D eigenvalue weighted by molar-refractivity contribution is 7.98. The molecular formula is C11H21NO2S. The van der Waals surface area contributed by atoms with Gasteiger partial charge in [0.25, 0.3) is 0 Å². The molecule has 0 aliphatic heterocycles. The highest BCUT2D eigenvalue weighted by Crippen LogP contribution is 2.02. The molecule has 0 aromatic rings. The van der Waals surface area contributed by atoms with E-state index in [2.05, 4.69) is 11.4 Å². The van der Waals surface area contributed by atoms with E-state index in [9.17, 15) is 4.79 Å². The monoisotopic (exact) mass is 231 g/mol. The fraction of sp³-hybridized carbons (Fsp3) is 0.727. The Morgan fingerprint density at radius 3 is 2.67 bits per heavy atom. The number of allylic oxidation sites excluding steroid dienone is 1. The van der Waals surface area contributed by atoms with Crippen molar-refractivity contribution in [2.75, 3.05) is 25.7 Å². The molecule has 0 aromatic heterocycles. The van der Waals surface area contributed by atoms with Crippen molar-refractivity contribution in [3.63, 3.8) is 0 Å². The Balaban J connectivity index is 4.01. The lowest BCUT2D eigenvalue weighted by atomic mass is 10.2. The number of hydrogen-bond donors (Lipinski definition) is 1. The highest BCUT2D eigenvalue weighted by atomic mass is 32.2. The number of esters is 1. The standard InChI is InChI=1S/C11H21NO2S/c1-9(2)5-7-12-10(6-8-15-4)11(13)14-3/h5,10,12H,6-8H2,1-4H3/t10-/m0/s1. The number of methoxy groups -OCH3 is 1. The quantitative estimate of drug-likeness (QED) is 0.536. The van der Waals surface area contributed by atoms with Crippen LogP contribution >= 0.6 is 11.8 Å². The maximum Gasteiger partial charge on any atom is 0.322 e. The van der Waals surface area contributed by atoms with Gasteiger partial charge in [0.1, 0.15) is 6.04 Å². The van der Waals surface area contributed by atoms with Crippen LogP contribution < -0.4 is 5.32 Å². The first-order valence-corrected chi connectivity index (χ1v) is 6.44. The van der Waals surface area contributed by atoms with Crippen molar-refractivity contribution in [3.05, 3.63) is 11.6 Å². The van der Waals surface area contributed by atoms with E-state index in [0.29, 0.717) is 0 Å². The summed E-state index contributed by atoms with van der Waals surface area (Å²) in [6.07, 6.45) is 4.91. The summed E-state index contributed by atoms with van der Waals surface area (Å²) in [7, 11) is 1.43.